The van der Waals surface area contributed by atoms with Crippen molar-refractivity contribution in [2.75, 3.05) is 18.9 Å². The van der Waals surface area contributed by atoms with Gasteiger partial charge in [-0.05, 0) is 53.2 Å². The van der Waals surface area contributed by atoms with Crippen molar-refractivity contribution in [2.45, 2.75) is 13.0 Å². The molecular weight excluding hydrogens is 398 g/mol. The van der Waals surface area contributed by atoms with E-state index in [4.69, 9.17) is 10.2 Å². The molecule has 1 aromatic heterocycles. The lowest BCUT2D eigenvalue weighted by Crippen LogP contribution is -2.39. The third kappa shape index (κ3) is 4.83. The Hall–Kier alpha value is -1.83. The Balaban J connectivity index is 0.00000288. The summed E-state index contributed by atoms with van der Waals surface area (Å²) in [5.74, 6) is -0.355. The van der Waals surface area contributed by atoms with Gasteiger partial charge in [0.1, 0.15) is 0 Å². The van der Waals surface area contributed by atoms with Gasteiger partial charge in [-0.2, -0.15) is 0 Å². The lowest BCUT2D eigenvalue weighted by molar-refractivity contribution is 0.0748. The highest BCUT2D eigenvalue weighted by atomic mass is 79.9. The van der Waals surface area contributed by atoms with Crippen LogP contribution in [0.25, 0.3) is 0 Å². The lowest BCUT2D eigenvalue weighted by atomic mass is 10.1. The zero-order valence-corrected chi connectivity index (χ0v) is 15.7. The first-order valence-electron chi connectivity index (χ1n) is 7.06. The number of likely N-dealkylation sites (N-methyl/N-ethyl adjacent to an activating group) is 1. The zero-order valence-electron chi connectivity index (χ0n) is 13.3. The van der Waals surface area contributed by atoms with E-state index in [1.807, 2.05) is 6.92 Å². The average molecular weight is 417 g/mol. The molecule has 1 heterocycles. The topological polar surface area (TPSA) is 88.6 Å². The van der Waals surface area contributed by atoms with Crippen molar-refractivity contribution in [3.63, 3.8) is 0 Å². The van der Waals surface area contributed by atoms with Crippen molar-refractivity contribution in [2.24, 2.45) is 5.73 Å². The normalized spacial score (nSPS) is 11.3. The van der Waals surface area contributed by atoms with E-state index in [0.29, 0.717) is 22.5 Å². The van der Waals surface area contributed by atoms with Crippen LogP contribution in [0.15, 0.2) is 45.5 Å². The Morgan fingerprint density at radius 1 is 1.33 bits per heavy atom. The summed E-state index contributed by atoms with van der Waals surface area (Å²) in [7, 11) is 1.70. The summed E-state index contributed by atoms with van der Waals surface area (Å²) >= 11 is 3.15. The van der Waals surface area contributed by atoms with Crippen LogP contribution in [0.2, 0.25) is 0 Å². The molecule has 0 aliphatic rings. The van der Waals surface area contributed by atoms with E-state index in [-0.39, 0.29) is 36.0 Å². The molecule has 130 valence electrons. The third-order valence-corrected chi connectivity index (χ3v) is 3.91. The fraction of sp³-hybridized carbons (Fsp3) is 0.250. The summed E-state index contributed by atoms with van der Waals surface area (Å²) in [6.07, 6.45) is 0. The molecular formula is C16H19BrClN3O3. The molecule has 0 saturated heterocycles. The third-order valence-electron chi connectivity index (χ3n) is 3.49. The van der Waals surface area contributed by atoms with Crippen LogP contribution in [-0.4, -0.2) is 36.3 Å². The second-order valence-electron chi connectivity index (χ2n) is 5.14. The average Bonchev–Trinajstić information content (AvgIpc) is 2.99. The maximum Gasteiger partial charge on any atom is 0.291 e. The van der Waals surface area contributed by atoms with Crippen molar-refractivity contribution in [1.82, 2.24) is 4.90 Å². The van der Waals surface area contributed by atoms with E-state index in [1.54, 1.807) is 48.3 Å². The van der Waals surface area contributed by atoms with E-state index in [9.17, 15) is 9.59 Å². The van der Waals surface area contributed by atoms with Crippen LogP contribution in [0.5, 0.6) is 0 Å². The highest BCUT2D eigenvalue weighted by Gasteiger charge is 2.17. The quantitative estimate of drug-likeness (QED) is 0.784. The molecule has 6 nitrogen and oxygen atoms in total. The first-order valence-corrected chi connectivity index (χ1v) is 7.85. The van der Waals surface area contributed by atoms with Crippen molar-refractivity contribution < 1.29 is 14.0 Å². The highest BCUT2D eigenvalue weighted by molar-refractivity contribution is 9.10. The molecule has 0 spiro atoms. The number of furan rings is 1. The second kappa shape index (κ2) is 8.86. The van der Waals surface area contributed by atoms with Gasteiger partial charge in [-0.3, -0.25) is 9.59 Å². The molecule has 2 amide bonds. The summed E-state index contributed by atoms with van der Waals surface area (Å²) in [6.45, 7) is 2.25. The molecule has 1 aromatic carbocycles. The summed E-state index contributed by atoms with van der Waals surface area (Å²) in [5, 5.41) is 2.70. The number of halogens is 2. The van der Waals surface area contributed by atoms with E-state index >= 15 is 0 Å². The zero-order chi connectivity index (χ0) is 17.0. The van der Waals surface area contributed by atoms with Crippen LogP contribution >= 0.6 is 28.3 Å². The summed E-state index contributed by atoms with van der Waals surface area (Å²) < 4.78 is 5.67. The Labute approximate surface area is 154 Å². The predicted molar refractivity (Wildman–Crippen MR) is 98.7 cm³/mol. The van der Waals surface area contributed by atoms with Gasteiger partial charge in [0, 0.05) is 30.9 Å². The Kier molecular flexibility index (Phi) is 7.47. The Morgan fingerprint density at radius 3 is 2.62 bits per heavy atom. The number of anilines is 1. The van der Waals surface area contributed by atoms with E-state index < -0.39 is 0 Å². The molecule has 0 fully saturated rings. The first-order chi connectivity index (χ1) is 10.9. The van der Waals surface area contributed by atoms with Crippen molar-refractivity contribution in [1.29, 1.82) is 0 Å². The largest absolute Gasteiger partial charge is 0.444 e. The molecule has 0 radical (unpaired) electrons. The number of amides is 2. The van der Waals surface area contributed by atoms with E-state index in [2.05, 4.69) is 21.2 Å². The van der Waals surface area contributed by atoms with Crippen molar-refractivity contribution in [3.8, 4) is 0 Å². The number of benzene rings is 1. The molecule has 8 heteroatoms. The number of hydrogen-bond acceptors (Lipinski definition) is 4. The van der Waals surface area contributed by atoms with E-state index in [0.717, 1.165) is 0 Å². The van der Waals surface area contributed by atoms with Crippen molar-refractivity contribution in [3.05, 3.63) is 52.4 Å². The number of nitrogens with one attached hydrogen (secondary N) is 1. The maximum absolute atomic E-state index is 12.4. The summed E-state index contributed by atoms with van der Waals surface area (Å²) in [4.78, 5) is 26.0. The minimum atomic E-state index is -0.385. The molecule has 0 bridgehead atoms. The number of hydrogen-bond donors (Lipinski definition) is 2. The molecule has 2 aromatic rings. The predicted octanol–water partition coefficient (Wildman–Crippen LogP) is 3.14. The van der Waals surface area contributed by atoms with Crippen LogP contribution in [0, 0.1) is 0 Å². The molecule has 0 aliphatic carbocycles. The smallest absolute Gasteiger partial charge is 0.291 e. The number of nitrogens with two attached hydrogens (primary N) is 1. The molecule has 0 aliphatic heterocycles. The Bertz CT molecular complexity index is 720. The lowest BCUT2D eigenvalue weighted by Gasteiger charge is -2.23. The van der Waals surface area contributed by atoms with Gasteiger partial charge in [0.15, 0.2) is 10.4 Å². The van der Waals surface area contributed by atoms with Gasteiger partial charge >= 0.3 is 0 Å². The molecule has 2 rings (SSSR count). The number of carbonyl (C=O) groups excluding carboxylic acids is 2. The van der Waals surface area contributed by atoms with Crippen LogP contribution in [-0.2, 0) is 0 Å². The molecule has 3 N–H and O–H groups in total. The van der Waals surface area contributed by atoms with Crippen LogP contribution in [0.1, 0.15) is 27.8 Å². The van der Waals surface area contributed by atoms with Gasteiger partial charge < -0.3 is 20.4 Å². The first kappa shape index (κ1) is 20.2. The summed E-state index contributed by atoms with van der Waals surface area (Å²) in [5.41, 5.74) is 6.58. The van der Waals surface area contributed by atoms with Crippen molar-refractivity contribution >= 4 is 45.8 Å². The Morgan fingerprint density at radius 2 is 2.04 bits per heavy atom. The number of carbonyl (C=O) groups is 2. The van der Waals surface area contributed by atoms with Gasteiger partial charge in [-0.25, -0.2) is 0 Å². The second-order valence-corrected chi connectivity index (χ2v) is 5.92. The monoisotopic (exact) mass is 415 g/mol. The minimum Gasteiger partial charge on any atom is -0.444 e. The maximum atomic E-state index is 12.4. The highest BCUT2D eigenvalue weighted by Crippen LogP contribution is 2.17. The fourth-order valence-corrected chi connectivity index (χ4v) is 2.23. The van der Waals surface area contributed by atoms with Gasteiger partial charge in [-0.15, -0.1) is 12.4 Å². The molecule has 0 saturated carbocycles. The van der Waals surface area contributed by atoms with Gasteiger partial charge in [-0.1, -0.05) is 6.07 Å². The van der Waals surface area contributed by atoms with E-state index in [1.165, 1.54) is 0 Å². The number of nitrogens with zero attached hydrogens (tertiary/aromatic N) is 1. The van der Waals surface area contributed by atoms with Crippen LogP contribution in [0.3, 0.4) is 0 Å². The fourth-order valence-electron chi connectivity index (χ4n) is 1.92. The van der Waals surface area contributed by atoms with Crippen LogP contribution < -0.4 is 11.1 Å². The molecule has 1 unspecified atom stereocenters. The number of rotatable bonds is 5. The summed E-state index contributed by atoms with van der Waals surface area (Å²) in [6, 6.07) is 9.87. The molecule has 24 heavy (non-hydrogen) atoms. The van der Waals surface area contributed by atoms with Gasteiger partial charge in [0.25, 0.3) is 11.8 Å². The van der Waals surface area contributed by atoms with Gasteiger partial charge in [0.2, 0.25) is 0 Å². The van der Waals surface area contributed by atoms with Crippen LogP contribution in [0.4, 0.5) is 5.69 Å². The van der Waals surface area contributed by atoms with Gasteiger partial charge in [0.05, 0.1) is 0 Å². The SMILES string of the molecule is CC(CN)N(C)C(=O)c1cccc(NC(=O)c2ccc(Br)o2)c1.Cl. The molecule has 1 atom stereocenters. The standard InChI is InChI=1S/C16H18BrN3O3.ClH/c1-10(9-18)20(2)16(22)11-4-3-5-12(8-11)19-15(21)13-6-7-14(17)23-13;/h3-8,10H,9,18H2,1-2H3,(H,19,21);1H. The minimum absolute atomic E-state index is 0.